The molecule has 0 aromatic carbocycles. The van der Waals surface area contributed by atoms with Crippen LogP contribution in [0.15, 0.2) is 6.07 Å². The zero-order chi connectivity index (χ0) is 12.1. The highest BCUT2D eigenvalue weighted by molar-refractivity contribution is 5.38. The molecule has 1 aliphatic carbocycles. The zero-order valence-corrected chi connectivity index (χ0v) is 10.4. The third-order valence-corrected chi connectivity index (χ3v) is 2.72. The highest BCUT2D eigenvalue weighted by Crippen LogP contribution is 2.25. The summed E-state index contributed by atoms with van der Waals surface area (Å²) in [7, 11) is 1.63. The van der Waals surface area contributed by atoms with E-state index in [1.807, 2.05) is 13.0 Å². The minimum Gasteiger partial charge on any atom is -0.474 e. The lowest BCUT2D eigenvalue weighted by atomic mass is 9.96. The van der Waals surface area contributed by atoms with Crippen molar-refractivity contribution in [3.63, 3.8) is 0 Å². The Bertz CT molecular complexity index is 343. The lowest BCUT2D eigenvalue weighted by Crippen LogP contribution is -2.25. The molecule has 17 heavy (non-hydrogen) atoms. The van der Waals surface area contributed by atoms with E-state index in [1.54, 1.807) is 7.11 Å². The smallest absolute Gasteiger partial charge is 0.219 e. The summed E-state index contributed by atoms with van der Waals surface area (Å²) >= 11 is 0. The van der Waals surface area contributed by atoms with Crippen LogP contribution in [0.4, 0.5) is 5.82 Å². The first kappa shape index (κ1) is 12.1. The van der Waals surface area contributed by atoms with E-state index in [1.165, 1.54) is 6.42 Å². The Kier molecular flexibility index (Phi) is 4.14. The second-order valence-corrected chi connectivity index (χ2v) is 4.14. The summed E-state index contributed by atoms with van der Waals surface area (Å²) in [5.41, 5.74) is 0. The van der Waals surface area contributed by atoms with E-state index in [-0.39, 0.29) is 0 Å². The van der Waals surface area contributed by atoms with Crippen molar-refractivity contribution in [2.24, 2.45) is 0 Å². The van der Waals surface area contributed by atoms with Crippen LogP contribution in [-0.2, 0) is 11.3 Å². The Labute approximate surface area is 102 Å². The average molecular weight is 237 g/mol. The van der Waals surface area contributed by atoms with Crippen molar-refractivity contribution >= 4 is 5.82 Å². The van der Waals surface area contributed by atoms with Crippen molar-refractivity contribution in [2.45, 2.75) is 38.9 Å². The Morgan fingerprint density at radius 3 is 2.82 bits per heavy atom. The molecular formula is C12H19N3O2. The van der Waals surface area contributed by atoms with Crippen LogP contribution in [0.5, 0.6) is 5.88 Å². The molecule has 0 radical (unpaired) electrons. The van der Waals surface area contributed by atoms with Gasteiger partial charge in [-0.1, -0.05) is 0 Å². The van der Waals surface area contributed by atoms with Crippen molar-refractivity contribution in [3.8, 4) is 5.88 Å². The molecule has 0 atom stereocenters. The molecule has 5 nitrogen and oxygen atoms in total. The van der Waals surface area contributed by atoms with Gasteiger partial charge >= 0.3 is 0 Å². The summed E-state index contributed by atoms with van der Waals surface area (Å²) in [6.45, 7) is 3.26. The standard InChI is InChI=1S/C12H19N3O2/c1-3-13-10-7-12(17-9-5-4-6-9)15-11(14-10)8-16-2/h7,9H,3-6,8H2,1-2H3,(H,13,14,15). The van der Waals surface area contributed by atoms with Crippen LogP contribution in [0.3, 0.4) is 0 Å². The fourth-order valence-corrected chi connectivity index (χ4v) is 1.66. The number of rotatable bonds is 6. The molecule has 0 amide bonds. The second-order valence-electron chi connectivity index (χ2n) is 4.14. The fraction of sp³-hybridized carbons (Fsp3) is 0.667. The predicted octanol–water partition coefficient (Wildman–Crippen LogP) is 1.99. The first-order chi connectivity index (χ1) is 8.31. The van der Waals surface area contributed by atoms with E-state index in [0.29, 0.717) is 24.4 Å². The topological polar surface area (TPSA) is 56.3 Å². The van der Waals surface area contributed by atoms with Gasteiger partial charge in [0, 0.05) is 19.7 Å². The second kappa shape index (κ2) is 5.82. The number of nitrogens with zero attached hydrogens (tertiary/aromatic N) is 2. The van der Waals surface area contributed by atoms with Crippen LogP contribution in [0, 0.1) is 0 Å². The van der Waals surface area contributed by atoms with Gasteiger partial charge in [0.15, 0.2) is 5.82 Å². The van der Waals surface area contributed by atoms with Crippen LogP contribution in [0.25, 0.3) is 0 Å². The fourth-order valence-electron chi connectivity index (χ4n) is 1.66. The van der Waals surface area contributed by atoms with Gasteiger partial charge in [0.2, 0.25) is 5.88 Å². The van der Waals surface area contributed by atoms with Gasteiger partial charge in [-0.25, -0.2) is 4.98 Å². The number of anilines is 1. The number of methoxy groups -OCH3 is 1. The molecule has 0 aliphatic heterocycles. The van der Waals surface area contributed by atoms with Gasteiger partial charge in [-0.05, 0) is 26.2 Å². The lowest BCUT2D eigenvalue weighted by Gasteiger charge is -2.25. The SMILES string of the molecule is CCNc1cc(OC2CCC2)nc(COC)n1. The van der Waals surface area contributed by atoms with E-state index < -0.39 is 0 Å². The molecule has 0 unspecified atom stereocenters. The molecule has 94 valence electrons. The molecule has 0 spiro atoms. The first-order valence-corrected chi connectivity index (χ1v) is 6.09. The molecule has 1 heterocycles. The van der Waals surface area contributed by atoms with E-state index >= 15 is 0 Å². The molecule has 1 aromatic heterocycles. The van der Waals surface area contributed by atoms with Crippen LogP contribution in [-0.4, -0.2) is 29.7 Å². The van der Waals surface area contributed by atoms with Crippen LogP contribution in [0.1, 0.15) is 32.0 Å². The van der Waals surface area contributed by atoms with Crippen molar-refractivity contribution in [1.29, 1.82) is 0 Å². The quantitative estimate of drug-likeness (QED) is 0.820. The number of ether oxygens (including phenoxy) is 2. The molecule has 5 heteroatoms. The summed E-state index contributed by atoms with van der Waals surface area (Å²) < 4.78 is 10.8. The van der Waals surface area contributed by atoms with Gasteiger partial charge in [0.25, 0.3) is 0 Å². The molecule has 1 saturated carbocycles. The summed E-state index contributed by atoms with van der Waals surface area (Å²) in [5.74, 6) is 2.09. The molecule has 1 aromatic rings. The number of aromatic nitrogens is 2. The van der Waals surface area contributed by atoms with Gasteiger partial charge in [0.1, 0.15) is 18.5 Å². The average Bonchev–Trinajstić information content (AvgIpc) is 2.24. The predicted molar refractivity (Wildman–Crippen MR) is 65.2 cm³/mol. The first-order valence-electron chi connectivity index (χ1n) is 6.09. The highest BCUT2D eigenvalue weighted by Gasteiger charge is 2.20. The molecule has 1 aliphatic rings. The van der Waals surface area contributed by atoms with E-state index in [9.17, 15) is 0 Å². The minimum atomic E-state index is 0.328. The Morgan fingerprint density at radius 1 is 1.41 bits per heavy atom. The van der Waals surface area contributed by atoms with E-state index in [4.69, 9.17) is 9.47 Å². The zero-order valence-electron chi connectivity index (χ0n) is 10.4. The van der Waals surface area contributed by atoms with Crippen molar-refractivity contribution in [2.75, 3.05) is 19.0 Å². The minimum absolute atomic E-state index is 0.328. The molecule has 0 bridgehead atoms. The lowest BCUT2D eigenvalue weighted by molar-refractivity contribution is 0.112. The maximum Gasteiger partial charge on any atom is 0.219 e. The summed E-state index contributed by atoms with van der Waals surface area (Å²) in [4.78, 5) is 8.67. The number of hydrogen-bond acceptors (Lipinski definition) is 5. The van der Waals surface area contributed by atoms with Crippen molar-refractivity contribution in [3.05, 3.63) is 11.9 Å². The Morgan fingerprint density at radius 2 is 2.24 bits per heavy atom. The molecule has 1 N–H and O–H groups in total. The molecular weight excluding hydrogens is 218 g/mol. The van der Waals surface area contributed by atoms with Gasteiger partial charge in [-0.15, -0.1) is 0 Å². The third-order valence-electron chi connectivity index (χ3n) is 2.72. The largest absolute Gasteiger partial charge is 0.474 e. The van der Waals surface area contributed by atoms with Crippen LogP contribution < -0.4 is 10.1 Å². The highest BCUT2D eigenvalue weighted by atomic mass is 16.5. The van der Waals surface area contributed by atoms with Gasteiger partial charge in [0.05, 0.1) is 0 Å². The van der Waals surface area contributed by atoms with Crippen molar-refractivity contribution < 1.29 is 9.47 Å². The normalized spacial score (nSPS) is 15.4. The molecule has 2 rings (SSSR count). The number of nitrogens with one attached hydrogen (secondary N) is 1. The van der Waals surface area contributed by atoms with Gasteiger partial charge in [-0.2, -0.15) is 4.98 Å². The summed E-state index contributed by atoms with van der Waals surface area (Å²) in [6.07, 6.45) is 3.83. The maximum absolute atomic E-state index is 5.78. The van der Waals surface area contributed by atoms with Crippen LogP contribution in [0.2, 0.25) is 0 Å². The Balaban J connectivity index is 2.10. The summed E-state index contributed by atoms with van der Waals surface area (Å²) in [6, 6.07) is 1.85. The van der Waals surface area contributed by atoms with Gasteiger partial charge in [-0.3, -0.25) is 0 Å². The molecule has 1 fully saturated rings. The molecule has 0 saturated heterocycles. The monoisotopic (exact) mass is 237 g/mol. The van der Waals surface area contributed by atoms with E-state index in [2.05, 4.69) is 15.3 Å². The van der Waals surface area contributed by atoms with Crippen molar-refractivity contribution in [1.82, 2.24) is 9.97 Å². The number of hydrogen-bond donors (Lipinski definition) is 1. The Hall–Kier alpha value is -1.36. The van der Waals surface area contributed by atoms with Gasteiger partial charge < -0.3 is 14.8 Å². The maximum atomic E-state index is 5.78. The van der Waals surface area contributed by atoms with E-state index in [0.717, 1.165) is 25.2 Å². The van der Waals surface area contributed by atoms with Crippen LogP contribution >= 0.6 is 0 Å². The third kappa shape index (κ3) is 3.30. The summed E-state index contributed by atoms with van der Waals surface area (Å²) in [5, 5.41) is 3.17.